The molecular weight excluding hydrogens is 302 g/mol. The zero-order valence-corrected chi connectivity index (χ0v) is 13.7. The molecule has 2 N–H and O–H groups in total. The Morgan fingerprint density at radius 2 is 2.17 bits per heavy atom. The van der Waals surface area contributed by atoms with Gasteiger partial charge in [-0.2, -0.15) is 0 Å². The van der Waals surface area contributed by atoms with E-state index in [0.29, 0.717) is 17.3 Å². The molecule has 1 saturated carbocycles. The van der Waals surface area contributed by atoms with Gasteiger partial charge in [0.05, 0.1) is 7.11 Å². The fourth-order valence-electron chi connectivity index (χ4n) is 2.96. The first-order chi connectivity index (χ1) is 11.7. The van der Waals surface area contributed by atoms with Crippen LogP contribution < -0.4 is 5.32 Å². The first kappa shape index (κ1) is 14.8. The largest absolute Gasteiger partial charge is 0.465 e. The summed E-state index contributed by atoms with van der Waals surface area (Å²) in [5.41, 5.74) is 4.75. The van der Waals surface area contributed by atoms with E-state index in [0.717, 1.165) is 22.2 Å². The Morgan fingerprint density at radius 3 is 2.92 bits per heavy atom. The highest BCUT2D eigenvalue weighted by Crippen LogP contribution is 2.40. The molecule has 4 rings (SSSR count). The zero-order chi connectivity index (χ0) is 16.7. The Labute approximate surface area is 140 Å². The molecule has 0 saturated heterocycles. The van der Waals surface area contributed by atoms with Crippen LogP contribution in [-0.2, 0) is 4.74 Å². The lowest BCUT2D eigenvalue weighted by molar-refractivity contribution is 0.0601. The number of pyridine rings is 1. The highest BCUT2D eigenvalue weighted by molar-refractivity contribution is 5.96. The summed E-state index contributed by atoms with van der Waals surface area (Å²) in [6, 6.07) is 7.94. The number of fused-ring (bicyclic) bond motifs is 1. The van der Waals surface area contributed by atoms with Crippen LogP contribution in [-0.4, -0.2) is 23.0 Å². The number of carbonyl (C=O) groups is 1. The zero-order valence-electron chi connectivity index (χ0n) is 13.7. The predicted molar refractivity (Wildman–Crippen MR) is 93.9 cm³/mol. The second kappa shape index (κ2) is 5.67. The number of nitrogens with zero attached hydrogens (tertiary/aromatic N) is 1. The minimum absolute atomic E-state index is 0.369. The molecule has 0 atom stereocenters. The van der Waals surface area contributed by atoms with Crippen LogP contribution in [0, 0.1) is 6.92 Å². The summed E-state index contributed by atoms with van der Waals surface area (Å²) >= 11 is 0. The van der Waals surface area contributed by atoms with E-state index in [1.807, 2.05) is 30.6 Å². The molecule has 1 aliphatic carbocycles. The first-order valence-electron chi connectivity index (χ1n) is 8.08. The number of benzene rings is 1. The minimum Gasteiger partial charge on any atom is -0.465 e. The average molecular weight is 321 g/mol. The normalized spacial score (nSPS) is 13.9. The molecule has 24 heavy (non-hydrogen) atoms. The van der Waals surface area contributed by atoms with Crippen molar-refractivity contribution >= 4 is 28.4 Å². The molecule has 1 fully saturated rings. The van der Waals surface area contributed by atoms with E-state index in [1.165, 1.54) is 25.5 Å². The van der Waals surface area contributed by atoms with Gasteiger partial charge in [0.1, 0.15) is 11.4 Å². The maximum atomic E-state index is 12.1. The third-order valence-electron chi connectivity index (χ3n) is 4.51. The number of aromatic amines is 1. The number of aromatic nitrogens is 2. The van der Waals surface area contributed by atoms with E-state index in [9.17, 15) is 4.79 Å². The van der Waals surface area contributed by atoms with Crippen molar-refractivity contribution in [3.63, 3.8) is 0 Å². The summed E-state index contributed by atoms with van der Waals surface area (Å²) in [5, 5.41) is 4.41. The summed E-state index contributed by atoms with van der Waals surface area (Å²) < 4.78 is 4.92. The highest BCUT2D eigenvalue weighted by Gasteiger charge is 2.26. The lowest BCUT2D eigenvalue weighted by atomic mass is 10.1. The van der Waals surface area contributed by atoms with Crippen LogP contribution in [0.2, 0.25) is 0 Å². The molecule has 0 bridgehead atoms. The molecule has 1 aromatic carbocycles. The smallest absolute Gasteiger partial charge is 0.341 e. The monoisotopic (exact) mass is 321 g/mol. The van der Waals surface area contributed by atoms with Crippen LogP contribution in [0.5, 0.6) is 0 Å². The Morgan fingerprint density at radius 1 is 1.33 bits per heavy atom. The number of carbonyl (C=O) groups excluding carboxylic acids is 1. The number of rotatable bonds is 4. The van der Waals surface area contributed by atoms with Crippen molar-refractivity contribution in [2.45, 2.75) is 25.7 Å². The molecule has 0 amide bonds. The lowest BCUT2D eigenvalue weighted by Crippen LogP contribution is -2.08. The van der Waals surface area contributed by atoms with Crippen LogP contribution in [0.15, 0.2) is 36.7 Å². The van der Waals surface area contributed by atoms with Gasteiger partial charge in [-0.05, 0) is 61.1 Å². The number of ether oxygens (including phenoxy) is 1. The number of hydrogen-bond acceptors (Lipinski definition) is 4. The van der Waals surface area contributed by atoms with Crippen molar-refractivity contribution in [2.75, 3.05) is 12.4 Å². The van der Waals surface area contributed by atoms with Crippen LogP contribution in [0.1, 0.15) is 40.2 Å². The third-order valence-corrected chi connectivity index (χ3v) is 4.51. The average Bonchev–Trinajstić information content (AvgIpc) is 3.39. The molecule has 2 aromatic heterocycles. The Bertz CT molecular complexity index is 926. The van der Waals surface area contributed by atoms with Crippen molar-refractivity contribution < 1.29 is 9.53 Å². The fraction of sp³-hybridized carbons (Fsp3) is 0.263. The molecule has 0 spiro atoms. The van der Waals surface area contributed by atoms with E-state index in [-0.39, 0.29) is 5.97 Å². The molecule has 2 heterocycles. The molecule has 0 radical (unpaired) electrons. The quantitative estimate of drug-likeness (QED) is 0.704. The van der Waals surface area contributed by atoms with Gasteiger partial charge in [-0.15, -0.1) is 0 Å². The maximum Gasteiger partial charge on any atom is 0.341 e. The molecule has 3 aromatic rings. The summed E-state index contributed by atoms with van der Waals surface area (Å²) in [4.78, 5) is 19.8. The van der Waals surface area contributed by atoms with Gasteiger partial charge in [0.2, 0.25) is 0 Å². The summed E-state index contributed by atoms with van der Waals surface area (Å²) in [6.45, 7) is 2.06. The Hall–Kier alpha value is -2.82. The SMILES string of the molecule is COC(=O)c1cc(C2CC2)cnc1Nc1ccc2[nH]cc(C)c2c1. The van der Waals surface area contributed by atoms with Gasteiger partial charge in [-0.3, -0.25) is 0 Å². The van der Waals surface area contributed by atoms with Crippen molar-refractivity contribution in [1.29, 1.82) is 0 Å². The first-order valence-corrected chi connectivity index (χ1v) is 8.08. The predicted octanol–water partition coefficient (Wildman–Crippen LogP) is 4.28. The van der Waals surface area contributed by atoms with Crippen LogP contribution in [0.25, 0.3) is 10.9 Å². The van der Waals surface area contributed by atoms with E-state index in [2.05, 4.69) is 28.3 Å². The highest BCUT2D eigenvalue weighted by atomic mass is 16.5. The van der Waals surface area contributed by atoms with E-state index in [4.69, 9.17) is 4.74 Å². The van der Waals surface area contributed by atoms with E-state index in [1.54, 1.807) is 0 Å². The van der Waals surface area contributed by atoms with Crippen molar-refractivity contribution in [2.24, 2.45) is 0 Å². The second-order valence-electron chi connectivity index (χ2n) is 6.29. The van der Waals surface area contributed by atoms with Crippen molar-refractivity contribution in [1.82, 2.24) is 9.97 Å². The Kier molecular flexibility index (Phi) is 3.49. The van der Waals surface area contributed by atoms with Crippen LogP contribution >= 0.6 is 0 Å². The number of methoxy groups -OCH3 is 1. The maximum absolute atomic E-state index is 12.1. The number of esters is 1. The van der Waals surface area contributed by atoms with Gasteiger partial charge >= 0.3 is 5.97 Å². The van der Waals surface area contributed by atoms with Crippen molar-refractivity contribution in [3.8, 4) is 0 Å². The number of H-pyrrole nitrogens is 1. The van der Waals surface area contributed by atoms with Crippen LogP contribution in [0.4, 0.5) is 11.5 Å². The molecule has 122 valence electrons. The topological polar surface area (TPSA) is 67.0 Å². The number of aryl methyl sites for hydroxylation is 1. The van der Waals surface area contributed by atoms with Gasteiger partial charge in [0.25, 0.3) is 0 Å². The van der Waals surface area contributed by atoms with Gasteiger partial charge in [0, 0.05) is 29.0 Å². The molecule has 5 nitrogen and oxygen atoms in total. The number of anilines is 2. The molecule has 0 unspecified atom stereocenters. The molecule has 1 aliphatic rings. The van der Waals surface area contributed by atoms with Gasteiger partial charge in [-0.25, -0.2) is 9.78 Å². The fourth-order valence-corrected chi connectivity index (χ4v) is 2.96. The number of nitrogens with one attached hydrogen (secondary N) is 2. The summed E-state index contributed by atoms with van der Waals surface area (Å²) in [6.07, 6.45) is 6.17. The standard InChI is InChI=1S/C19H19N3O2/c1-11-9-20-17-6-5-14(8-15(11)17)22-18-16(19(23)24-2)7-13(10-21-18)12-3-4-12/h5-10,12,20H,3-4H2,1-2H3,(H,21,22). The molecular formula is C19H19N3O2. The summed E-state index contributed by atoms with van der Waals surface area (Å²) in [5.74, 6) is 0.694. The number of hydrogen-bond donors (Lipinski definition) is 2. The van der Waals surface area contributed by atoms with Crippen molar-refractivity contribution in [3.05, 3.63) is 53.3 Å². The van der Waals surface area contributed by atoms with E-state index >= 15 is 0 Å². The summed E-state index contributed by atoms with van der Waals surface area (Å²) in [7, 11) is 1.39. The van der Waals surface area contributed by atoms with Gasteiger partial charge in [0.15, 0.2) is 0 Å². The van der Waals surface area contributed by atoms with E-state index < -0.39 is 0 Å². The van der Waals surface area contributed by atoms with Crippen LogP contribution in [0.3, 0.4) is 0 Å². The molecule has 5 heteroatoms. The third kappa shape index (κ3) is 2.62. The Balaban J connectivity index is 1.71. The molecule has 0 aliphatic heterocycles. The minimum atomic E-state index is -0.369. The second-order valence-corrected chi connectivity index (χ2v) is 6.29. The van der Waals surface area contributed by atoms with Gasteiger partial charge < -0.3 is 15.0 Å². The lowest BCUT2D eigenvalue weighted by Gasteiger charge is -2.11. The van der Waals surface area contributed by atoms with Gasteiger partial charge in [-0.1, -0.05) is 0 Å².